The summed E-state index contributed by atoms with van der Waals surface area (Å²) in [4.78, 5) is 41.1. The maximum atomic E-state index is 13.9. The molecule has 1 aliphatic carbocycles. The summed E-state index contributed by atoms with van der Waals surface area (Å²) in [6.45, 7) is 3.19. The molecule has 0 radical (unpaired) electrons. The van der Waals surface area contributed by atoms with Crippen molar-refractivity contribution in [1.29, 1.82) is 0 Å². The molecule has 1 aromatic heterocycles. The van der Waals surface area contributed by atoms with E-state index in [9.17, 15) is 19.5 Å². The molecule has 0 bridgehead atoms. The van der Waals surface area contributed by atoms with Gasteiger partial charge >= 0.3 is 0 Å². The van der Waals surface area contributed by atoms with Crippen molar-refractivity contribution in [2.75, 3.05) is 24.9 Å². The van der Waals surface area contributed by atoms with E-state index in [1.165, 1.54) is 21.1 Å². The number of ketones is 1. The third-order valence-corrected chi connectivity index (χ3v) is 6.97. The molecule has 3 aromatic rings. The molecule has 10 heteroatoms. The van der Waals surface area contributed by atoms with Crippen molar-refractivity contribution in [1.82, 2.24) is 9.78 Å². The third-order valence-electron chi connectivity index (χ3n) is 6.97. The summed E-state index contributed by atoms with van der Waals surface area (Å²) in [6.07, 6.45) is 1.30. The van der Waals surface area contributed by atoms with Gasteiger partial charge in [-0.05, 0) is 43.7 Å². The number of Topliss-reactive ketones (excluding diaryl/α,β-unsaturated/α-hetero) is 1. The zero-order valence-corrected chi connectivity index (χ0v) is 22.0. The highest BCUT2D eigenvalue weighted by molar-refractivity contribution is 6.11. The number of carbonyl (C=O) groups excluding carboxylic acids is 3. The van der Waals surface area contributed by atoms with Gasteiger partial charge in [-0.15, -0.1) is 0 Å². The van der Waals surface area contributed by atoms with E-state index >= 15 is 0 Å². The number of nitrogens with zero attached hydrogens (tertiary/aromatic N) is 2. The predicted molar refractivity (Wildman–Crippen MR) is 141 cm³/mol. The number of hydrogen-bond acceptors (Lipinski definition) is 7. The first kappa shape index (κ1) is 26.9. The Hall–Kier alpha value is -4.18. The smallest absolute Gasteiger partial charge is 0.235 e. The number of aromatic nitrogens is 2. The Morgan fingerprint density at radius 2 is 1.53 bits per heavy atom. The normalized spacial score (nSPS) is 23.0. The lowest BCUT2D eigenvalue weighted by atomic mass is 9.61. The molecule has 1 saturated carbocycles. The number of nitrogens with one attached hydrogen (secondary N) is 2. The molecule has 0 saturated heterocycles. The summed E-state index contributed by atoms with van der Waals surface area (Å²) in [7, 11) is 4.68. The Labute approximate surface area is 220 Å². The molecule has 1 heterocycles. The molecule has 0 spiro atoms. The molecule has 2 amide bonds. The maximum Gasteiger partial charge on any atom is 0.235 e. The molecule has 2 aromatic carbocycles. The van der Waals surface area contributed by atoms with Crippen LogP contribution in [0.25, 0.3) is 0 Å². The van der Waals surface area contributed by atoms with Crippen LogP contribution < -0.4 is 20.1 Å². The fraction of sp³-hybridized carbons (Fsp3) is 0.357. The van der Waals surface area contributed by atoms with Gasteiger partial charge in [0, 0.05) is 25.6 Å². The summed E-state index contributed by atoms with van der Waals surface area (Å²) in [5, 5.41) is 21.5. The fourth-order valence-electron chi connectivity index (χ4n) is 5.33. The minimum Gasteiger partial charge on any atom is -0.495 e. The second-order valence-corrected chi connectivity index (χ2v) is 9.70. The van der Waals surface area contributed by atoms with Crippen molar-refractivity contribution >= 4 is 29.0 Å². The second kappa shape index (κ2) is 10.7. The Balaban J connectivity index is 1.80. The summed E-state index contributed by atoms with van der Waals surface area (Å²) < 4.78 is 12.3. The first-order valence-corrected chi connectivity index (χ1v) is 12.2. The van der Waals surface area contributed by atoms with Crippen LogP contribution in [0.2, 0.25) is 0 Å². The molecule has 38 heavy (non-hydrogen) atoms. The van der Waals surface area contributed by atoms with Gasteiger partial charge in [0.2, 0.25) is 11.8 Å². The molecular formula is C28H32N4O6. The van der Waals surface area contributed by atoms with Crippen molar-refractivity contribution < 1.29 is 29.0 Å². The fourth-order valence-corrected chi connectivity index (χ4v) is 5.33. The number of aryl methyl sites for hydroxylation is 2. The zero-order chi connectivity index (χ0) is 27.6. The average Bonchev–Trinajstić information content (AvgIpc) is 3.20. The van der Waals surface area contributed by atoms with Crippen molar-refractivity contribution in [3.05, 3.63) is 66.0 Å². The quantitative estimate of drug-likeness (QED) is 0.408. The number of rotatable bonds is 7. The standard InChI is InChI=1S/C28H32N4O6/c1-16-17(15-32(3)31-16)23-24(26(34)29-18-10-6-8-12-21(18)37-4)20(33)14-28(2,36)25(23)27(35)30-19-11-7-9-13-22(19)38-5/h6-13,15,23-25,36H,14H2,1-5H3,(H,29,34)(H,30,35)/t23-,24+,25+,28-/m1/s1. The molecule has 3 N–H and O–H groups in total. The van der Waals surface area contributed by atoms with E-state index in [1.54, 1.807) is 73.4 Å². The molecular weight excluding hydrogens is 488 g/mol. The topological polar surface area (TPSA) is 132 Å². The molecule has 0 aliphatic heterocycles. The number of methoxy groups -OCH3 is 2. The summed E-state index contributed by atoms with van der Waals surface area (Å²) in [5.41, 5.74) is 0.137. The Morgan fingerprint density at radius 1 is 1.00 bits per heavy atom. The minimum absolute atomic E-state index is 0.378. The number of benzene rings is 2. The molecule has 4 rings (SSSR count). The van der Waals surface area contributed by atoms with Gasteiger partial charge in [-0.25, -0.2) is 0 Å². The lowest BCUT2D eigenvalue weighted by Gasteiger charge is -2.44. The van der Waals surface area contributed by atoms with Crippen LogP contribution in [0.1, 0.15) is 30.5 Å². The van der Waals surface area contributed by atoms with Crippen molar-refractivity contribution in [3.8, 4) is 11.5 Å². The van der Waals surface area contributed by atoms with E-state index in [4.69, 9.17) is 9.47 Å². The monoisotopic (exact) mass is 520 g/mol. The number of amides is 2. The third kappa shape index (κ3) is 5.12. The lowest BCUT2D eigenvalue weighted by Crippen LogP contribution is -2.56. The Kier molecular flexibility index (Phi) is 7.54. The van der Waals surface area contributed by atoms with Gasteiger partial charge in [0.25, 0.3) is 0 Å². The molecule has 200 valence electrons. The number of hydrogen-bond donors (Lipinski definition) is 3. The predicted octanol–water partition coefficient (Wildman–Crippen LogP) is 3.06. The van der Waals surface area contributed by atoms with Gasteiger partial charge < -0.3 is 25.2 Å². The van der Waals surface area contributed by atoms with Gasteiger partial charge in [0.05, 0.1) is 42.8 Å². The van der Waals surface area contributed by atoms with Crippen molar-refractivity contribution in [3.63, 3.8) is 0 Å². The first-order valence-electron chi connectivity index (χ1n) is 12.2. The average molecular weight is 521 g/mol. The summed E-state index contributed by atoms with van der Waals surface area (Å²) >= 11 is 0. The number of carbonyl (C=O) groups is 3. The van der Waals surface area contributed by atoms with Crippen molar-refractivity contribution in [2.24, 2.45) is 18.9 Å². The first-order chi connectivity index (χ1) is 18.1. The highest BCUT2D eigenvalue weighted by Gasteiger charge is 2.56. The van der Waals surface area contributed by atoms with Gasteiger partial charge in [0.1, 0.15) is 23.2 Å². The number of aliphatic hydroxyl groups is 1. The molecule has 4 atom stereocenters. The largest absolute Gasteiger partial charge is 0.495 e. The van der Waals surface area contributed by atoms with E-state index in [0.29, 0.717) is 34.1 Å². The molecule has 1 fully saturated rings. The highest BCUT2D eigenvalue weighted by atomic mass is 16.5. The molecule has 1 aliphatic rings. The number of anilines is 2. The number of para-hydroxylation sites is 4. The minimum atomic E-state index is -1.74. The van der Waals surface area contributed by atoms with Gasteiger partial charge in [0.15, 0.2) is 0 Å². The van der Waals surface area contributed by atoms with E-state index in [1.807, 2.05) is 0 Å². The van der Waals surface area contributed by atoms with Crippen molar-refractivity contribution in [2.45, 2.75) is 31.8 Å². The summed E-state index contributed by atoms with van der Waals surface area (Å²) in [6, 6.07) is 13.7. The van der Waals surface area contributed by atoms with Gasteiger partial charge in [-0.2, -0.15) is 5.10 Å². The molecule has 10 nitrogen and oxygen atoms in total. The van der Waals surface area contributed by atoms with E-state index in [0.717, 1.165) is 0 Å². The number of ether oxygens (including phenoxy) is 2. The van der Waals surface area contributed by atoms with Crippen LogP contribution in [-0.4, -0.2) is 52.3 Å². The van der Waals surface area contributed by atoms with Gasteiger partial charge in [-0.3, -0.25) is 19.1 Å². The van der Waals surface area contributed by atoms with Crippen LogP contribution in [0.4, 0.5) is 11.4 Å². The van der Waals surface area contributed by atoms with E-state index in [2.05, 4.69) is 15.7 Å². The van der Waals surface area contributed by atoms with E-state index in [-0.39, 0.29) is 6.42 Å². The maximum absolute atomic E-state index is 13.9. The SMILES string of the molecule is COc1ccccc1NC(=O)[C@H]1C(=O)C[C@@](C)(O)[C@H](C(=O)Nc2ccccc2OC)[C@@H]1c1cn(C)nc1C. The lowest BCUT2D eigenvalue weighted by molar-refractivity contribution is -0.150. The Bertz CT molecular complexity index is 1360. The van der Waals surface area contributed by atoms with Crippen LogP contribution in [0.15, 0.2) is 54.7 Å². The Morgan fingerprint density at radius 3 is 2.03 bits per heavy atom. The van der Waals surface area contributed by atoms with Gasteiger partial charge in [-0.1, -0.05) is 24.3 Å². The van der Waals surface area contributed by atoms with Crippen LogP contribution in [0.5, 0.6) is 11.5 Å². The summed E-state index contributed by atoms with van der Waals surface area (Å²) in [5.74, 6) is -4.18. The van der Waals surface area contributed by atoms with Crippen LogP contribution in [-0.2, 0) is 21.4 Å². The van der Waals surface area contributed by atoms with Crippen LogP contribution in [0.3, 0.4) is 0 Å². The molecule has 0 unspecified atom stereocenters. The van der Waals surface area contributed by atoms with E-state index < -0.39 is 41.0 Å². The van der Waals surface area contributed by atoms with Crippen LogP contribution >= 0.6 is 0 Å². The highest BCUT2D eigenvalue weighted by Crippen LogP contribution is 2.47. The zero-order valence-electron chi connectivity index (χ0n) is 22.0. The van der Waals surface area contributed by atoms with Crippen LogP contribution in [0, 0.1) is 18.8 Å². The second-order valence-electron chi connectivity index (χ2n) is 9.70.